The first-order valence-corrected chi connectivity index (χ1v) is 6.52. The second-order valence-corrected chi connectivity index (χ2v) is 4.86. The van der Waals surface area contributed by atoms with Gasteiger partial charge in [-0.1, -0.05) is 52.7 Å². The Morgan fingerprint density at radius 1 is 1.10 bits per heavy atom. The van der Waals surface area contributed by atoms with Gasteiger partial charge in [-0.3, -0.25) is 0 Å². The highest BCUT2D eigenvalue weighted by Crippen LogP contribution is 2.22. The van der Waals surface area contributed by atoms with E-state index in [0.717, 1.165) is 11.3 Å². The fourth-order valence-electron chi connectivity index (χ4n) is 1.78. The molecule has 1 N–H and O–H groups in total. The molecular formula is C15H12ClN3O. The summed E-state index contributed by atoms with van der Waals surface area (Å²) in [7, 11) is 0. The molecule has 1 aromatic heterocycles. The van der Waals surface area contributed by atoms with Gasteiger partial charge in [-0.05, 0) is 25.1 Å². The molecule has 0 bridgehead atoms. The Morgan fingerprint density at radius 2 is 1.90 bits per heavy atom. The Bertz CT molecular complexity index is 722. The van der Waals surface area contributed by atoms with Crippen LogP contribution in [0.5, 0.6) is 0 Å². The van der Waals surface area contributed by atoms with Crippen LogP contribution in [-0.2, 0) is 0 Å². The molecule has 2 aromatic carbocycles. The topological polar surface area (TPSA) is 51.0 Å². The molecule has 0 aliphatic rings. The second kappa shape index (κ2) is 5.35. The molecule has 0 fully saturated rings. The SMILES string of the molecule is Cc1ccc(-c2noc(Nc3cccc(Cl)c3)n2)cc1. The first-order valence-electron chi connectivity index (χ1n) is 6.14. The first kappa shape index (κ1) is 12.7. The molecule has 0 amide bonds. The number of halogens is 1. The van der Waals surface area contributed by atoms with Gasteiger partial charge in [-0.2, -0.15) is 4.98 Å². The van der Waals surface area contributed by atoms with Crippen LogP contribution in [0.4, 0.5) is 11.7 Å². The summed E-state index contributed by atoms with van der Waals surface area (Å²) in [6.07, 6.45) is 0. The number of nitrogens with one attached hydrogen (secondary N) is 1. The minimum Gasteiger partial charge on any atom is -0.315 e. The summed E-state index contributed by atoms with van der Waals surface area (Å²) in [6.45, 7) is 2.03. The van der Waals surface area contributed by atoms with Gasteiger partial charge in [0, 0.05) is 16.3 Å². The first-order chi connectivity index (χ1) is 9.70. The Balaban J connectivity index is 1.82. The minimum absolute atomic E-state index is 0.336. The van der Waals surface area contributed by atoms with Crippen LogP contribution >= 0.6 is 11.6 Å². The predicted molar refractivity (Wildman–Crippen MR) is 79.2 cm³/mol. The van der Waals surface area contributed by atoms with E-state index in [1.165, 1.54) is 5.56 Å². The fourth-order valence-corrected chi connectivity index (χ4v) is 1.97. The monoisotopic (exact) mass is 285 g/mol. The maximum atomic E-state index is 5.92. The molecular weight excluding hydrogens is 274 g/mol. The average molecular weight is 286 g/mol. The van der Waals surface area contributed by atoms with Crippen molar-refractivity contribution >= 4 is 23.3 Å². The quantitative estimate of drug-likeness (QED) is 0.773. The molecule has 1 heterocycles. The Morgan fingerprint density at radius 3 is 2.65 bits per heavy atom. The number of nitrogens with zero attached hydrogens (tertiary/aromatic N) is 2. The molecule has 0 radical (unpaired) electrons. The van der Waals surface area contributed by atoms with E-state index in [0.29, 0.717) is 16.9 Å². The lowest BCUT2D eigenvalue weighted by molar-refractivity contribution is 0.435. The standard InChI is InChI=1S/C15H12ClN3O/c1-10-5-7-11(8-6-10)14-18-15(20-19-14)17-13-4-2-3-12(16)9-13/h2-9H,1H3,(H,17,18,19). The van der Waals surface area contributed by atoms with Gasteiger partial charge in [-0.15, -0.1) is 0 Å². The number of hydrogen-bond donors (Lipinski definition) is 1. The molecule has 3 rings (SSSR count). The Labute approximate surface area is 121 Å². The van der Waals surface area contributed by atoms with E-state index in [4.69, 9.17) is 16.1 Å². The lowest BCUT2D eigenvalue weighted by Gasteiger charge is -2.00. The molecule has 0 aliphatic carbocycles. The van der Waals surface area contributed by atoms with E-state index < -0.39 is 0 Å². The van der Waals surface area contributed by atoms with Crippen molar-refractivity contribution in [2.45, 2.75) is 6.92 Å². The Hall–Kier alpha value is -2.33. The van der Waals surface area contributed by atoms with Crippen molar-refractivity contribution in [3.8, 4) is 11.4 Å². The van der Waals surface area contributed by atoms with Gasteiger partial charge in [0.05, 0.1) is 0 Å². The largest absolute Gasteiger partial charge is 0.326 e. The van der Waals surface area contributed by atoms with Gasteiger partial charge in [-0.25, -0.2) is 0 Å². The van der Waals surface area contributed by atoms with Gasteiger partial charge >= 0.3 is 6.01 Å². The minimum atomic E-state index is 0.336. The molecule has 3 aromatic rings. The van der Waals surface area contributed by atoms with E-state index in [9.17, 15) is 0 Å². The zero-order valence-electron chi connectivity index (χ0n) is 10.8. The van der Waals surface area contributed by atoms with Gasteiger partial charge in [0.1, 0.15) is 0 Å². The van der Waals surface area contributed by atoms with Crippen molar-refractivity contribution in [1.29, 1.82) is 0 Å². The van der Waals surface area contributed by atoms with Crippen LogP contribution in [0.2, 0.25) is 5.02 Å². The maximum absolute atomic E-state index is 5.92. The number of anilines is 2. The smallest absolute Gasteiger partial charge is 0.315 e. The third-order valence-corrected chi connectivity index (χ3v) is 3.05. The average Bonchev–Trinajstić information content (AvgIpc) is 2.88. The van der Waals surface area contributed by atoms with Crippen LogP contribution in [0.25, 0.3) is 11.4 Å². The molecule has 100 valence electrons. The van der Waals surface area contributed by atoms with Gasteiger partial charge in [0.25, 0.3) is 0 Å². The van der Waals surface area contributed by atoms with Crippen LogP contribution in [-0.4, -0.2) is 10.1 Å². The van der Waals surface area contributed by atoms with Gasteiger partial charge < -0.3 is 9.84 Å². The van der Waals surface area contributed by atoms with Crippen molar-refractivity contribution in [3.63, 3.8) is 0 Å². The normalized spacial score (nSPS) is 10.5. The zero-order valence-corrected chi connectivity index (χ0v) is 11.6. The number of rotatable bonds is 3. The van der Waals surface area contributed by atoms with E-state index in [2.05, 4.69) is 15.5 Å². The van der Waals surface area contributed by atoms with Crippen molar-refractivity contribution in [2.75, 3.05) is 5.32 Å². The third-order valence-electron chi connectivity index (χ3n) is 2.81. The molecule has 0 saturated carbocycles. The fraction of sp³-hybridized carbons (Fsp3) is 0.0667. The molecule has 0 aliphatic heterocycles. The highest BCUT2D eigenvalue weighted by Gasteiger charge is 2.08. The molecule has 0 spiro atoms. The van der Waals surface area contributed by atoms with Crippen LogP contribution in [0.1, 0.15) is 5.56 Å². The lowest BCUT2D eigenvalue weighted by Crippen LogP contribution is -1.90. The van der Waals surface area contributed by atoms with E-state index in [-0.39, 0.29) is 0 Å². The maximum Gasteiger partial charge on any atom is 0.326 e. The number of aryl methyl sites for hydroxylation is 1. The summed E-state index contributed by atoms with van der Waals surface area (Å²) in [6, 6.07) is 15.6. The number of aromatic nitrogens is 2. The van der Waals surface area contributed by atoms with Crippen molar-refractivity contribution < 1.29 is 4.52 Å². The molecule has 0 atom stereocenters. The molecule has 4 nitrogen and oxygen atoms in total. The number of hydrogen-bond acceptors (Lipinski definition) is 4. The summed E-state index contributed by atoms with van der Waals surface area (Å²) < 4.78 is 5.18. The summed E-state index contributed by atoms with van der Waals surface area (Å²) in [5, 5.41) is 7.62. The van der Waals surface area contributed by atoms with Gasteiger partial charge in [0.15, 0.2) is 0 Å². The zero-order chi connectivity index (χ0) is 13.9. The molecule has 0 saturated heterocycles. The molecule has 20 heavy (non-hydrogen) atoms. The van der Waals surface area contributed by atoms with E-state index in [1.54, 1.807) is 12.1 Å². The predicted octanol–water partition coefficient (Wildman–Crippen LogP) is 4.44. The number of benzene rings is 2. The van der Waals surface area contributed by atoms with Crippen LogP contribution < -0.4 is 5.32 Å². The second-order valence-electron chi connectivity index (χ2n) is 4.42. The summed E-state index contributed by atoms with van der Waals surface area (Å²) in [4.78, 5) is 4.30. The molecule has 5 heteroatoms. The molecule has 0 unspecified atom stereocenters. The van der Waals surface area contributed by atoms with Crippen LogP contribution in [0.15, 0.2) is 53.1 Å². The van der Waals surface area contributed by atoms with Gasteiger partial charge in [0.2, 0.25) is 5.82 Å². The highest BCUT2D eigenvalue weighted by molar-refractivity contribution is 6.30. The highest BCUT2D eigenvalue weighted by atomic mass is 35.5. The summed E-state index contributed by atoms with van der Waals surface area (Å²) >= 11 is 5.92. The lowest BCUT2D eigenvalue weighted by atomic mass is 10.1. The third kappa shape index (κ3) is 2.81. The van der Waals surface area contributed by atoms with E-state index in [1.807, 2.05) is 43.3 Å². The van der Waals surface area contributed by atoms with Crippen molar-refractivity contribution in [2.24, 2.45) is 0 Å². The Kier molecular flexibility index (Phi) is 3.39. The summed E-state index contributed by atoms with van der Waals surface area (Å²) in [5.74, 6) is 0.550. The van der Waals surface area contributed by atoms with Crippen molar-refractivity contribution in [1.82, 2.24) is 10.1 Å². The van der Waals surface area contributed by atoms with Crippen molar-refractivity contribution in [3.05, 3.63) is 59.1 Å². The van der Waals surface area contributed by atoms with E-state index >= 15 is 0 Å². The summed E-state index contributed by atoms with van der Waals surface area (Å²) in [5.41, 5.74) is 2.91. The van der Waals surface area contributed by atoms with Crippen LogP contribution in [0, 0.1) is 6.92 Å². The van der Waals surface area contributed by atoms with Crippen LogP contribution in [0.3, 0.4) is 0 Å².